The Morgan fingerprint density at radius 3 is 1.68 bits per heavy atom. The molecule has 0 aliphatic carbocycles. The van der Waals surface area contributed by atoms with Crippen molar-refractivity contribution in [2.75, 3.05) is 19.6 Å². The smallest absolute Gasteiger partial charge is 0.426 e. The molecule has 0 aliphatic heterocycles. The van der Waals surface area contributed by atoms with Crippen molar-refractivity contribution in [3.05, 3.63) is 90.3 Å². The summed E-state index contributed by atoms with van der Waals surface area (Å²) in [7, 11) is -1.61. The van der Waals surface area contributed by atoms with Gasteiger partial charge in [0.1, 0.15) is 0 Å². The van der Waals surface area contributed by atoms with Gasteiger partial charge >= 0.3 is 7.12 Å². The van der Waals surface area contributed by atoms with Gasteiger partial charge in [-0.3, -0.25) is 29.5 Å². The number of amides is 1. The number of carbonyl (C=O) groups excluding carboxylic acids is 1. The number of rotatable bonds is 13. The molecule has 3 aromatic heterocycles. The Balaban J connectivity index is 1.69. The summed E-state index contributed by atoms with van der Waals surface area (Å²) in [6.07, 6.45) is 5.29. The van der Waals surface area contributed by atoms with Crippen molar-refractivity contribution in [1.29, 1.82) is 0 Å². The Morgan fingerprint density at radius 2 is 1.26 bits per heavy atom. The zero-order valence-electron chi connectivity index (χ0n) is 19.4. The third-order valence-electron chi connectivity index (χ3n) is 5.27. The second-order valence-electron chi connectivity index (χ2n) is 8.15. The molecule has 0 saturated carbocycles. The van der Waals surface area contributed by atoms with E-state index in [1.54, 1.807) is 25.5 Å². The second-order valence-corrected chi connectivity index (χ2v) is 8.15. The lowest BCUT2D eigenvalue weighted by molar-refractivity contribution is -0.122. The summed E-state index contributed by atoms with van der Waals surface area (Å²) in [6.45, 7) is 4.71. The molecule has 0 spiro atoms. The van der Waals surface area contributed by atoms with Crippen LogP contribution in [0.4, 0.5) is 0 Å². The Kier molecular flexibility index (Phi) is 10.1. The highest BCUT2D eigenvalue weighted by molar-refractivity contribution is 6.43. The average molecular weight is 462 g/mol. The first-order valence-electron chi connectivity index (χ1n) is 11.3. The van der Waals surface area contributed by atoms with E-state index < -0.39 is 13.1 Å². The summed E-state index contributed by atoms with van der Waals surface area (Å²) in [4.78, 5) is 30.1. The van der Waals surface area contributed by atoms with Crippen LogP contribution in [0.3, 0.4) is 0 Å². The molecular weight excluding hydrogens is 431 g/mol. The van der Waals surface area contributed by atoms with Crippen LogP contribution in [0.1, 0.15) is 24.0 Å². The molecule has 10 heteroatoms. The monoisotopic (exact) mass is 462 g/mol. The first-order valence-corrected chi connectivity index (χ1v) is 11.3. The molecule has 34 heavy (non-hydrogen) atoms. The lowest BCUT2D eigenvalue weighted by Crippen LogP contribution is -2.48. The van der Waals surface area contributed by atoms with Crippen molar-refractivity contribution < 1.29 is 14.8 Å². The van der Waals surface area contributed by atoms with Crippen molar-refractivity contribution >= 4 is 13.0 Å². The molecule has 3 heterocycles. The number of hydrogen-bond acceptors (Lipinski definition) is 8. The average Bonchev–Trinajstić information content (AvgIpc) is 2.84. The van der Waals surface area contributed by atoms with Crippen LogP contribution in [0.15, 0.2) is 73.2 Å². The Hall–Kier alpha value is -3.18. The number of pyridine rings is 3. The van der Waals surface area contributed by atoms with E-state index >= 15 is 0 Å². The maximum Gasteiger partial charge on any atom is 0.475 e. The van der Waals surface area contributed by atoms with Crippen molar-refractivity contribution in [2.24, 2.45) is 0 Å². The van der Waals surface area contributed by atoms with Gasteiger partial charge in [0, 0.05) is 51.3 Å². The molecule has 0 bridgehead atoms. The highest BCUT2D eigenvalue weighted by atomic mass is 16.4. The number of aromatic nitrogens is 3. The minimum absolute atomic E-state index is 0.106. The molecule has 3 aromatic rings. The molecule has 3 rings (SSSR count). The molecular formula is C24H31BN6O3. The second kappa shape index (κ2) is 13.5. The van der Waals surface area contributed by atoms with Crippen molar-refractivity contribution in [3.8, 4) is 0 Å². The zero-order valence-corrected chi connectivity index (χ0v) is 19.4. The first kappa shape index (κ1) is 25.4. The molecule has 0 radical (unpaired) electrons. The summed E-state index contributed by atoms with van der Waals surface area (Å²) in [6, 6.07) is 17.4. The van der Waals surface area contributed by atoms with Crippen LogP contribution in [0.25, 0.3) is 0 Å². The number of nitrogens with zero attached hydrogens (tertiary/aromatic N) is 5. The molecule has 0 aliphatic rings. The largest absolute Gasteiger partial charge is 0.475 e. The van der Waals surface area contributed by atoms with Gasteiger partial charge in [-0.25, -0.2) is 0 Å². The van der Waals surface area contributed by atoms with Crippen molar-refractivity contribution in [3.63, 3.8) is 0 Å². The first-order chi connectivity index (χ1) is 16.5. The van der Waals surface area contributed by atoms with Gasteiger partial charge in [0.15, 0.2) is 0 Å². The zero-order chi connectivity index (χ0) is 24.2. The standard InChI is InChI=1S/C24H31BN6O3/c1-20(25(33)34)29-24(32)19-31(18-23-10-4-7-13-28-23)15-14-30(16-21-8-2-5-11-26-21)17-22-9-3-6-12-27-22/h2-13,20,33-34H,14-19H2,1H3,(H,29,32)/t20-/m0/s1. The third kappa shape index (κ3) is 8.99. The summed E-state index contributed by atoms with van der Waals surface area (Å²) >= 11 is 0. The lowest BCUT2D eigenvalue weighted by Gasteiger charge is -2.27. The molecule has 1 atom stereocenters. The quantitative estimate of drug-likeness (QED) is 0.321. The Labute approximate surface area is 200 Å². The molecule has 0 saturated heterocycles. The molecule has 178 valence electrons. The van der Waals surface area contributed by atoms with Crippen molar-refractivity contribution in [2.45, 2.75) is 32.5 Å². The fourth-order valence-electron chi connectivity index (χ4n) is 3.45. The van der Waals surface area contributed by atoms with Crippen LogP contribution in [-0.2, 0) is 24.4 Å². The van der Waals surface area contributed by atoms with E-state index in [1.165, 1.54) is 0 Å². The van der Waals surface area contributed by atoms with Gasteiger partial charge in [-0.2, -0.15) is 0 Å². The van der Waals surface area contributed by atoms with Crippen LogP contribution in [0.2, 0.25) is 0 Å². The highest BCUT2D eigenvalue weighted by Gasteiger charge is 2.22. The number of nitrogens with one attached hydrogen (secondary N) is 1. The Bertz CT molecular complexity index is 940. The summed E-state index contributed by atoms with van der Waals surface area (Å²) < 4.78 is 0. The fourth-order valence-corrected chi connectivity index (χ4v) is 3.45. The van der Waals surface area contributed by atoms with E-state index in [2.05, 4.69) is 25.2 Å². The van der Waals surface area contributed by atoms with E-state index in [4.69, 9.17) is 0 Å². The van der Waals surface area contributed by atoms with Crippen molar-refractivity contribution in [1.82, 2.24) is 30.1 Å². The highest BCUT2D eigenvalue weighted by Crippen LogP contribution is 2.09. The van der Waals surface area contributed by atoms with E-state index in [-0.39, 0.29) is 12.5 Å². The number of hydrogen-bond donors (Lipinski definition) is 3. The fraction of sp³-hybridized carbons (Fsp3) is 0.333. The summed E-state index contributed by atoms with van der Waals surface area (Å²) in [5, 5.41) is 21.2. The molecule has 0 unspecified atom stereocenters. The normalized spacial score (nSPS) is 12.0. The van der Waals surface area contributed by atoms with Crippen LogP contribution < -0.4 is 5.32 Å². The predicted octanol–water partition coefficient (Wildman–Crippen LogP) is 0.893. The minimum atomic E-state index is -1.61. The Morgan fingerprint density at radius 1 is 0.824 bits per heavy atom. The van der Waals surface area contributed by atoms with Crippen LogP contribution in [0, 0.1) is 0 Å². The van der Waals surface area contributed by atoms with Gasteiger partial charge in [-0.1, -0.05) is 18.2 Å². The molecule has 1 amide bonds. The number of carbonyl (C=O) groups is 1. The van der Waals surface area contributed by atoms with Gasteiger partial charge in [-0.05, 0) is 43.3 Å². The van der Waals surface area contributed by atoms with E-state index in [1.807, 2.05) is 59.5 Å². The van der Waals surface area contributed by atoms with Gasteiger partial charge in [0.05, 0.1) is 29.6 Å². The van der Waals surface area contributed by atoms with Gasteiger partial charge in [0.2, 0.25) is 5.91 Å². The topological polar surface area (TPSA) is 115 Å². The minimum Gasteiger partial charge on any atom is -0.426 e. The van der Waals surface area contributed by atoms with E-state index in [0.29, 0.717) is 32.7 Å². The summed E-state index contributed by atoms with van der Waals surface area (Å²) in [5.74, 6) is -1.04. The summed E-state index contributed by atoms with van der Waals surface area (Å²) in [5.41, 5.74) is 2.77. The molecule has 0 aromatic carbocycles. The predicted molar refractivity (Wildman–Crippen MR) is 130 cm³/mol. The molecule has 9 nitrogen and oxygen atoms in total. The van der Waals surface area contributed by atoms with Gasteiger partial charge in [-0.15, -0.1) is 0 Å². The maximum atomic E-state index is 12.6. The third-order valence-corrected chi connectivity index (χ3v) is 5.27. The molecule has 3 N–H and O–H groups in total. The van der Waals surface area contributed by atoms with Crippen LogP contribution in [0.5, 0.6) is 0 Å². The van der Waals surface area contributed by atoms with Gasteiger partial charge in [0.25, 0.3) is 0 Å². The van der Waals surface area contributed by atoms with Crippen LogP contribution in [-0.4, -0.2) is 73.4 Å². The SMILES string of the molecule is C[C@H](NC(=O)CN(CCN(Cc1ccccn1)Cc1ccccn1)Cc1ccccn1)B(O)O. The van der Waals surface area contributed by atoms with E-state index in [9.17, 15) is 14.8 Å². The lowest BCUT2D eigenvalue weighted by atomic mass is 9.81. The maximum absolute atomic E-state index is 12.6. The molecule has 0 fully saturated rings. The van der Waals surface area contributed by atoms with Crippen LogP contribution >= 0.6 is 0 Å². The van der Waals surface area contributed by atoms with Gasteiger partial charge < -0.3 is 15.4 Å². The van der Waals surface area contributed by atoms with E-state index in [0.717, 1.165) is 17.1 Å².